The van der Waals surface area contributed by atoms with Crippen LogP contribution in [-0.4, -0.2) is 10.2 Å². The normalized spacial score (nSPS) is 19.0. The molecule has 74 valence electrons. The molecule has 1 aromatic heterocycles. The third kappa shape index (κ3) is 1.24. The maximum absolute atomic E-state index is 5.58. The molecule has 1 N–H and O–H groups in total. The fraction of sp³-hybridized carbons (Fsp3) is 0.583. The van der Waals surface area contributed by atoms with Gasteiger partial charge in [-0.2, -0.15) is 5.10 Å². The summed E-state index contributed by atoms with van der Waals surface area (Å²) in [6, 6.07) is 0. The van der Waals surface area contributed by atoms with Gasteiger partial charge in [-0.1, -0.05) is 26.7 Å². The standard InChI is InChI=1S/C12H16N2/c1-5-12(6-7-12)9-8-13-14-10(9)11(2,3)4/h1,8H,6-7H2,2-4H3,(H,13,14). The predicted molar refractivity (Wildman–Crippen MR) is 57.0 cm³/mol. The van der Waals surface area contributed by atoms with Crippen molar-refractivity contribution in [2.75, 3.05) is 0 Å². The van der Waals surface area contributed by atoms with Gasteiger partial charge in [0.1, 0.15) is 0 Å². The van der Waals surface area contributed by atoms with Gasteiger partial charge >= 0.3 is 0 Å². The molecule has 1 saturated carbocycles. The largest absolute Gasteiger partial charge is 0.282 e. The number of nitrogens with one attached hydrogen (secondary N) is 1. The molecule has 0 unspecified atom stereocenters. The minimum Gasteiger partial charge on any atom is -0.282 e. The molecule has 0 aliphatic heterocycles. The lowest BCUT2D eigenvalue weighted by molar-refractivity contribution is 0.556. The highest BCUT2D eigenvalue weighted by atomic mass is 15.1. The Balaban J connectivity index is 2.47. The van der Waals surface area contributed by atoms with E-state index in [1.807, 2.05) is 6.20 Å². The molecule has 1 fully saturated rings. The Bertz CT molecular complexity index is 383. The van der Waals surface area contributed by atoms with Gasteiger partial charge < -0.3 is 0 Å². The Hall–Kier alpha value is -1.23. The van der Waals surface area contributed by atoms with E-state index >= 15 is 0 Å². The van der Waals surface area contributed by atoms with Crippen molar-refractivity contribution in [3.05, 3.63) is 17.5 Å². The molecule has 2 rings (SSSR count). The van der Waals surface area contributed by atoms with Crippen molar-refractivity contribution in [3.8, 4) is 12.3 Å². The first-order valence-electron chi connectivity index (χ1n) is 5.02. The van der Waals surface area contributed by atoms with Gasteiger partial charge in [0, 0.05) is 16.7 Å². The van der Waals surface area contributed by atoms with Crippen LogP contribution < -0.4 is 0 Å². The summed E-state index contributed by atoms with van der Waals surface area (Å²) < 4.78 is 0. The van der Waals surface area contributed by atoms with Gasteiger partial charge in [-0.05, 0) is 12.8 Å². The van der Waals surface area contributed by atoms with E-state index < -0.39 is 0 Å². The second-order valence-corrected chi connectivity index (χ2v) is 5.14. The SMILES string of the molecule is C#CC1(c2cn[nH]c2C(C)(C)C)CC1. The third-order valence-electron chi connectivity index (χ3n) is 2.93. The smallest absolute Gasteiger partial charge is 0.0595 e. The summed E-state index contributed by atoms with van der Waals surface area (Å²) in [5.41, 5.74) is 2.51. The molecule has 1 aromatic rings. The molecular formula is C12H16N2. The Labute approximate surface area is 85.1 Å². The molecule has 14 heavy (non-hydrogen) atoms. The van der Waals surface area contributed by atoms with Gasteiger partial charge in [0.05, 0.1) is 11.6 Å². The van der Waals surface area contributed by atoms with Gasteiger partial charge in [-0.3, -0.25) is 5.10 Å². The van der Waals surface area contributed by atoms with E-state index in [0.717, 1.165) is 12.8 Å². The van der Waals surface area contributed by atoms with Crippen molar-refractivity contribution >= 4 is 0 Å². The Morgan fingerprint density at radius 2 is 2.14 bits per heavy atom. The predicted octanol–water partition coefficient (Wildman–Crippen LogP) is 2.37. The number of terminal acetylenes is 1. The van der Waals surface area contributed by atoms with E-state index in [2.05, 4.69) is 36.9 Å². The van der Waals surface area contributed by atoms with Crippen molar-refractivity contribution in [1.29, 1.82) is 0 Å². The van der Waals surface area contributed by atoms with Crippen LogP contribution in [0.1, 0.15) is 44.9 Å². The number of hydrogen-bond acceptors (Lipinski definition) is 1. The molecule has 0 saturated heterocycles. The van der Waals surface area contributed by atoms with Crippen LogP contribution in [0.5, 0.6) is 0 Å². The minimum atomic E-state index is -0.00435. The Morgan fingerprint density at radius 3 is 2.57 bits per heavy atom. The highest BCUT2D eigenvalue weighted by Crippen LogP contribution is 2.49. The van der Waals surface area contributed by atoms with E-state index in [1.54, 1.807) is 0 Å². The number of aromatic amines is 1. The Morgan fingerprint density at radius 1 is 1.50 bits per heavy atom. The molecule has 0 spiro atoms. The summed E-state index contributed by atoms with van der Waals surface area (Å²) >= 11 is 0. The van der Waals surface area contributed by atoms with Gasteiger partial charge in [0.15, 0.2) is 0 Å². The Kier molecular flexibility index (Phi) is 1.75. The summed E-state index contributed by atoms with van der Waals surface area (Å²) in [4.78, 5) is 0. The minimum absolute atomic E-state index is 0.00435. The van der Waals surface area contributed by atoms with Crippen molar-refractivity contribution < 1.29 is 0 Å². The molecule has 0 radical (unpaired) electrons. The first kappa shape index (κ1) is 9.33. The van der Waals surface area contributed by atoms with Crippen molar-refractivity contribution in [3.63, 3.8) is 0 Å². The maximum Gasteiger partial charge on any atom is 0.0595 e. The quantitative estimate of drug-likeness (QED) is 0.673. The van der Waals surface area contributed by atoms with Crippen LogP contribution in [-0.2, 0) is 10.8 Å². The van der Waals surface area contributed by atoms with Crippen molar-refractivity contribution in [2.24, 2.45) is 0 Å². The number of H-pyrrole nitrogens is 1. The molecule has 1 aliphatic carbocycles. The second-order valence-electron chi connectivity index (χ2n) is 5.14. The highest BCUT2D eigenvalue weighted by molar-refractivity contribution is 5.43. The van der Waals surface area contributed by atoms with Crippen LogP contribution >= 0.6 is 0 Å². The van der Waals surface area contributed by atoms with Crippen LogP contribution in [0.25, 0.3) is 0 Å². The van der Waals surface area contributed by atoms with Crippen molar-refractivity contribution in [1.82, 2.24) is 10.2 Å². The summed E-state index contributed by atoms with van der Waals surface area (Å²) in [5, 5.41) is 7.20. The fourth-order valence-corrected chi connectivity index (χ4v) is 1.84. The number of nitrogens with zero attached hydrogens (tertiary/aromatic N) is 1. The van der Waals surface area contributed by atoms with Gasteiger partial charge in [-0.25, -0.2) is 0 Å². The van der Waals surface area contributed by atoms with Crippen LogP contribution in [0.15, 0.2) is 6.20 Å². The molecule has 1 aliphatic rings. The zero-order valence-corrected chi connectivity index (χ0v) is 9.02. The maximum atomic E-state index is 5.58. The molecule has 0 amide bonds. The lowest BCUT2D eigenvalue weighted by Crippen LogP contribution is -2.17. The number of aromatic nitrogens is 2. The van der Waals surface area contributed by atoms with Crippen LogP contribution in [0, 0.1) is 12.3 Å². The van der Waals surface area contributed by atoms with Crippen LogP contribution in [0.2, 0.25) is 0 Å². The van der Waals surface area contributed by atoms with E-state index in [1.165, 1.54) is 11.3 Å². The van der Waals surface area contributed by atoms with E-state index in [9.17, 15) is 0 Å². The zero-order valence-electron chi connectivity index (χ0n) is 9.02. The average molecular weight is 188 g/mol. The number of rotatable bonds is 1. The van der Waals surface area contributed by atoms with Crippen LogP contribution in [0.3, 0.4) is 0 Å². The highest BCUT2D eigenvalue weighted by Gasteiger charge is 2.46. The van der Waals surface area contributed by atoms with Gasteiger partial charge in [0.25, 0.3) is 0 Å². The monoisotopic (exact) mass is 188 g/mol. The van der Waals surface area contributed by atoms with Gasteiger partial charge in [0.2, 0.25) is 0 Å². The fourth-order valence-electron chi connectivity index (χ4n) is 1.84. The topological polar surface area (TPSA) is 28.7 Å². The molecule has 2 heteroatoms. The lowest BCUT2D eigenvalue weighted by atomic mass is 9.84. The third-order valence-corrected chi connectivity index (χ3v) is 2.93. The van der Waals surface area contributed by atoms with Gasteiger partial charge in [-0.15, -0.1) is 6.42 Å². The van der Waals surface area contributed by atoms with E-state index in [4.69, 9.17) is 6.42 Å². The van der Waals surface area contributed by atoms with Crippen molar-refractivity contribution in [2.45, 2.75) is 44.4 Å². The number of hydrogen-bond donors (Lipinski definition) is 1. The summed E-state index contributed by atoms with van der Waals surface area (Å²) in [6.07, 6.45) is 9.68. The molecule has 2 nitrogen and oxygen atoms in total. The first-order chi connectivity index (χ1) is 6.49. The summed E-state index contributed by atoms with van der Waals surface area (Å²) in [7, 11) is 0. The second kappa shape index (κ2) is 2.63. The van der Waals surface area contributed by atoms with E-state index in [0.29, 0.717) is 0 Å². The molecule has 0 aromatic carbocycles. The zero-order chi connectivity index (χ0) is 10.4. The molecule has 0 atom stereocenters. The van der Waals surface area contributed by atoms with E-state index in [-0.39, 0.29) is 10.8 Å². The summed E-state index contributed by atoms with van der Waals surface area (Å²) in [5.74, 6) is 2.91. The lowest BCUT2D eigenvalue weighted by Gasteiger charge is -2.20. The molecule has 0 bridgehead atoms. The first-order valence-corrected chi connectivity index (χ1v) is 5.02. The average Bonchev–Trinajstić information content (AvgIpc) is 2.72. The molecular weight excluding hydrogens is 172 g/mol. The van der Waals surface area contributed by atoms with Crippen LogP contribution in [0.4, 0.5) is 0 Å². The summed E-state index contributed by atoms with van der Waals surface area (Å²) in [6.45, 7) is 6.53. The molecule has 1 heterocycles.